The first-order valence-electron chi connectivity index (χ1n) is 1.85. The van der Waals surface area contributed by atoms with Crippen LogP contribution in [0.25, 0.3) is 0 Å². The van der Waals surface area contributed by atoms with E-state index < -0.39 is 0 Å². The second kappa shape index (κ2) is 5.96. The lowest BCUT2D eigenvalue weighted by Gasteiger charge is -1.69. The number of halogens is 1. The molecule has 1 radical (unpaired) electrons. The third kappa shape index (κ3) is 5.96. The van der Waals surface area contributed by atoms with Crippen molar-refractivity contribution >= 4 is 28.9 Å². The number of unbranched alkanes of at least 4 members (excludes halogenated alkanes) is 1. The highest BCUT2D eigenvalue weighted by Gasteiger charge is 1.74. The van der Waals surface area contributed by atoms with E-state index in [9.17, 15) is 4.79 Å². The predicted octanol–water partition coefficient (Wildman–Crippen LogP) is 1.27. The van der Waals surface area contributed by atoms with Crippen molar-refractivity contribution in [2.45, 2.75) is 12.8 Å². The molecule has 1 nitrogen and oxygen atoms in total. The van der Waals surface area contributed by atoms with Gasteiger partial charge in [0.2, 0.25) is 0 Å². The third-order valence-electron chi connectivity index (χ3n) is 0.419. The molecule has 0 aliphatic rings. The molecule has 0 bridgehead atoms. The summed E-state index contributed by atoms with van der Waals surface area (Å²) in [7, 11) is 0. The normalized spacial score (nSPS) is 6.43. The Labute approximate surface area is 56.6 Å². The lowest BCUT2D eigenvalue weighted by atomic mass is 10.4. The van der Waals surface area contributed by atoms with Crippen LogP contribution in [0.2, 0.25) is 0 Å². The molecule has 37 valence electrons. The lowest BCUT2D eigenvalue weighted by Crippen LogP contribution is -1.68. The van der Waals surface area contributed by atoms with Gasteiger partial charge in [0.05, 0.1) is 0 Å². The van der Waals surface area contributed by atoms with E-state index in [-0.39, 0.29) is 0 Å². The van der Waals surface area contributed by atoms with Crippen LogP contribution in [0.5, 0.6) is 0 Å². The summed E-state index contributed by atoms with van der Waals surface area (Å²) in [4.78, 5) is 9.48. The fraction of sp³-hybridized carbons (Fsp3) is 0.400. The van der Waals surface area contributed by atoms with Gasteiger partial charge < -0.3 is 0 Å². The van der Waals surface area contributed by atoms with Gasteiger partial charge >= 0.3 is 0 Å². The first-order valence-corrected chi connectivity index (χ1v) is 2.93. The van der Waals surface area contributed by atoms with Crippen LogP contribution in [0.3, 0.4) is 0 Å². The van der Waals surface area contributed by atoms with Gasteiger partial charge in [-0.2, -0.15) is 0 Å². The predicted molar refractivity (Wildman–Crippen MR) is 36.7 cm³/mol. The van der Waals surface area contributed by atoms with Gasteiger partial charge in [-0.1, -0.05) is 5.92 Å². The molecule has 0 saturated carbocycles. The highest BCUT2D eigenvalue weighted by atomic mass is 127. The minimum atomic E-state index is 0.440. The summed E-state index contributed by atoms with van der Waals surface area (Å²) in [6.07, 6.45) is 2.83. The van der Waals surface area contributed by atoms with Crippen molar-refractivity contribution in [1.29, 1.82) is 0 Å². The van der Waals surface area contributed by atoms with E-state index in [1.807, 2.05) is 22.6 Å². The van der Waals surface area contributed by atoms with Crippen LogP contribution in [-0.4, -0.2) is 6.29 Å². The number of hydrogen-bond donors (Lipinski definition) is 0. The van der Waals surface area contributed by atoms with Crippen LogP contribution in [0.1, 0.15) is 12.8 Å². The molecule has 0 aliphatic heterocycles. The molecule has 7 heavy (non-hydrogen) atoms. The Hall–Kier alpha value is -0.0400. The van der Waals surface area contributed by atoms with Crippen LogP contribution in [0.15, 0.2) is 0 Å². The molecule has 0 atom stereocenters. The highest BCUT2D eigenvalue weighted by Crippen LogP contribution is 1.80. The fourth-order valence-electron chi connectivity index (χ4n) is 0.161. The summed E-state index contributed by atoms with van der Waals surface area (Å²) in [6.45, 7) is 0. The SMILES string of the molecule is O=[C]CCC#CI. The Morgan fingerprint density at radius 3 is 2.57 bits per heavy atom. The van der Waals surface area contributed by atoms with E-state index >= 15 is 0 Å². The summed E-state index contributed by atoms with van der Waals surface area (Å²) in [5.74, 6) is 2.72. The van der Waals surface area contributed by atoms with Crippen molar-refractivity contribution in [1.82, 2.24) is 0 Å². The molecule has 0 fully saturated rings. The molecule has 0 aromatic carbocycles. The fourth-order valence-corrected chi connectivity index (χ4v) is 0.430. The molecule has 0 rings (SSSR count). The first kappa shape index (κ1) is 6.96. The van der Waals surface area contributed by atoms with E-state index in [1.54, 1.807) is 6.29 Å². The second-order valence-corrected chi connectivity index (χ2v) is 1.45. The Morgan fingerprint density at radius 1 is 1.43 bits per heavy atom. The van der Waals surface area contributed by atoms with Gasteiger partial charge in [0, 0.05) is 35.4 Å². The van der Waals surface area contributed by atoms with Crippen LogP contribution in [-0.2, 0) is 4.79 Å². The average Bonchev–Trinajstić information content (AvgIpc) is 1.69. The van der Waals surface area contributed by atoms with Gasteiger partial charge in [-0.05, 0) is 3.93 Å². The van der Waals surface area contributed by atoms with Crippen LogP contribution < -0.4 is 0 Å². The lowest BCUT2D eigenvalue weighted by molar-refractivity contribution is 0.552. The molecular formula is C5H4IO. The monoisotopic (exact) mass is 207 g/mol. The molecule has 0 N–H and O–H groups in total. The molecule has 0 aliphatic carbocycles. The van der Waals surface area contributed by atoms with Gasteiger partial charge in [-0.3, -0.25) is 4.79 Å². The van der Waals surface area contributed by atoms with E-state index in [0.29, 0.717) is 12.8 Å². The van der Waals surface area contributed by atoms with Gasteiger partial charge in [-0.15, -0.1) is 0 Å². The number of rotatable bonds is 2. The van der Waals surface area contributed by atoms with Crippen molar-refractivity contribution < 1.29 is 4.79 Å². The largest absolute Gasteiger partial charge is 0.291 e. The van der Waals surface area contributed by atoms with Crippen molar-refractivity contribution in [3.05, 3.63) is 0 Å². The van der Waals surface area contributed by atoms with Crippen LogP contribution in [0, 0.1) is 9.85 Å². The Kier molecular flexibility index (Phi) is 5.93. The Balaban J connectivity index is 2.92. The molecule has 2 heteroatoms. The quantitative estimate of drug-likeness (QED) is 0.378. The van der Waals surface area contributed by atoms with Crippen molar-refractivity contribution in [2.75, 3.05) is 0 Å². The Morgan fingerprint density at radius 2 is 2.14 bits per heavy atom. The van der Waals surface area contributed by atoms with Crippen molar-refractivity contribution in [3.8, 4) is 9.85 Å². The summed E-state index contributed by atoms with van der Waals surface area (Å²) in [5, 5.41) is 0. The molecule has 0 amide bonds. The molecule has 0 aromatic rings. The minimum absolute atomic E-state index is 0.440. The zero-order valence-electron chi connectivity index (χ0n) is 3.70. The molecule has 0 aromatic heterocycles. The van der Waals surface area contributed by atoms with E-state index in [4.69, 9.17) is 0 Å². The molecular weight excluding hydrogens is 203 g/mol. The second-order valence-electron chi connectivity index (χ2n) is 0.916. The van der Waals surface area contributed by atoms with Crippen LogP contribution in [0.4, 0.5) is 0 Å². The first-order chi connectivity index (χ1) is 3.41. The summed E-state index contributed by atoms with van der Waals surface area (Å²) in [5.41, 5.74) is 0. The van der Waals surface area contributed by atoms with Gasteiger partial charge in [-0.25, -0.2) is 0 Å². The van der Waals surface area contributed by atoms with Crippen molar-refractivity contribution in [3.63, 3.8) is 0 Å². The maximum absolute atomic E-state index is 9.48. The molecule has 0 spiro atoms. The maximum atomic E-state index is 9.48. The summed E-state index contributed by atoms with van der Waals surface area (Å²) >= 11 is 1.94. The smallest absolute Gasteiger partial charge is 0.199 e. The van der Waals surface area contributed by atoms with Gasteiger partial charge in [0.15, 0.2) is 6.29 Å². The van der Waals surface area contributed by atoms with E-state index in [1.165, 1.54) is 0 Å². The molecule has 0 unspecified atom stereocenters. The zero-order valence-corrected chi connectivity index (χ0v) is 5.86. The van der Waals surface area contributed by atoms with E-state index in [2.05, 4.69) is 9.85 Å². The minimum Gasteiger partial charge on any atom is -0.291 e. The third-order valence-corrected chi connectivity index (χ3v) is 0.800. The standard InChI is InChI=1S/C5H4IO/c6-4-2-1-3-5-7/h1,3H2. The molecule has 0 heterocycles. The van der Waals surface area contributed by atoms with E-state index in [0.717, 1.165) is 0 Å². The highest BCUT2D eigenvalue weighted by molar-refractivity contribution is 14.1. The van der Waals surface area contributed by atoms with Crippen molar-refractivity contribution in [2.24, 2.45) is 0 Å². The summed E-state index contributed by atoms with van der Waals surface area (Å²) in [6, 6.07) is 0. The maximum Gasteiger partial charge on any atom is 0.199 e. The topological polar surface area (TPSA) is 17.1 Å². The van der Waals surface area contributed by atoms with Crippen LogP contribution >= 0.6 is 22.6 Å². The zero-order chi connectivity index (χ0) is 5.54. The van der Waals surface area contributed by atoms with Gasteiger partial charge in [0.25, 0.3) is 0 Å². The summed E-state index contributed by atoms with van der Waals surface area (Å²) < 4.78 is 2.64. The number of carbonyl (C=O) groups excluding carboxylic acids is 1. The number of hydrogen-bond acceptors (Lipinski definition) is 1. The average molecular weight is 207 g/mol. The Bertz CT molecular complexity index is 98.4. The van der Waals surface area contributed by atoms with Gasteiger partial charge in [0.1, 0.15) is 0 Å². The molecule has 0 saturated heterocycles.